The van der Waals surface area contributed by atoms with Gasteiger partial charge in [-0.15, -0.1) is 11.3 Å². The summed E-state index contributed by atoms with van der Waals surface area (Å²) in [6.07, 6.45) is 5.91. The zero-order valence-corrected chi connectivity index (χ0v) is 25.1. The second kappa shape index (κ2) is 13.1. The van der Waals surface area contributed by atoms with Crippen molar-refractivity contribution in [2.45, 2.75) is 78.7 Å². The van der Waals surface area contributed by atoms with E-state index in [4.69, 9.17) is 4.74 Å². The van der Waals surface area contributed by atoms with Gasteiger partial charge < -0.3 is 14.5 Å². The molecule has 210 valence electrons. The Morgan fingerprint density at radius 2 is 1.82 bits per heavy atom. The Labute approximate surface area is 232 Å². The first-order chi connectivity index (χ1) is 17.9. The standard InChI is InChI=1S/C30H45N3O4S/c1-21-11-13-22(14-12-21)27(34)33(24-10-8-9-17-32(28(24)35)19-18-31(5)6)25-20-23(15-16-30(2,3)4)38-26(25)29(36)37-7/h20-22,24H,8-14,17-19H2,1-7H3/t21-,22-,24-/m0/s1. The van der Waals surface area contributed by atoms with Crippen LogP contribution in [0.4, 0.5) is 5.69 Å². The molecule has 1 saturated carbocycles. The highest BCUT2D eigenvalue weighted by Crippen LogP contribution is 2.38. The van der Waals surface area contributed by atoms with Crippen LogP contribution in [0.2, 0.25) is 0 Å². The van der Waals surface area contributed by atoms with Gasteiger partial charge in [-0.2, -0.15) is 0 Å². The number of rotatable bonds is 7. The summed E-state index contributed by atoms with van der Waals surface area (Å²) in [4.78, 5) is 47.9. The monoisotopic (exact) mass is 543 g/mol. The van der Waals surface area contributed by atoms with Crippen molar-refractivity contribution in [3.8, 4) is 11.8 Å². The van der Waals surface area contributed by atoms with Crippen molar-refractivity contribution >= 4 is 34.8 Å². The van der Waals surface area contributed by atoms with Gasteiger partial charge in [0.1, 0.15) is 10.9 Å². The molecule has 0 spiro atoms. The zero-order valence-electron chi connectivity index (χ0n) is 24.3. The maximum atomic E-state index is 14.3. The van der Waals surface area contributed by atoms with Gasteiger partial charge >= 0.3 is 5.97 Å². The molecule has 8 heteroatoms. The molecule has 2 heterocycles. The molecular formula is C30H45N3O4S. The van der Waals surface area contributed by atoms with Crippen LogP contribution in [0.25, 0.3) is 0 Å². The van der Waals surface area contributed by atoms with Crippen LogP contribution in [-0.2, 0) is 14.3 Å². The molecule has 0 bridgehead atoms. The summed E-state index contributed by atoms with van der Waals surface area (Å²) < 4.78 is 5.13. The summed E-state index contributed by atoms with van der Waals surface area (Å²) in [6.45, 7) is 10.4. The van der Waals surface area contributed by atoms with E-state index < -0.39 is 12.0 Å². The van der Waals surface area contributed by atoms with Gasteiger partial charge in [0.25, 0.3) is 0 Å². The van der Waals surface area contributed by atoms with E-state index in [1.165, 1.54) is 18.4 Å². The summed E-state index contributed by atoms with van der Waals surface area (Å²) >= 11 is 1.24. The van der Waals surface area contributed by atoms with Crippen LogP contribution in [0, 0.1) is 29.1 Å². The number of likely N-dealkylation sites (N-methyl/N-ethyl adjacent to an activating group) is 1. The fourth-order valence-electron chi connectivity index (χ4n) is 5.12. The predicted octanol–water partition coefficient (Wildman–Crippen LogP) is 5.03. The van der Waals surface area contributed by atoms with Crippen molar-refractivity contribution in [2.24, 2.45) is 17.3 Å². The first-order valence-electron chi connectivity index (χ1n) is 13.9. The van der Waals surface area contributed by atoms with Gasteiger partial charge in [-0.05, 0) is 91.8 Å². The third-order valence-electron chi connectivity index (χ3n) is 7.39. The van der Waals surface area contributed by atoms with E-state index in [9.17, 15) is 14.4 Å². The molecule has 0 unspecified atom stereocenters. The fourth-order valence-corrected chi connectivity index (χ4v) is 6.04. The second-order valence-corrected chi connectivity index (χ2v) is 13.2. The minimum absolute atomic E-state index is 0.0359. The SMILES string of the molecule is COC(=O)c1sc(C#CC(C)(C)C)cc1N(C(=O)[C@H]1CC[C@H](C)CC1)[C@H]1CCCCN(CCN(C)C)C1=O. The fraction of sp³-hybridized carbons (Fsp3) is 0.700. The van der Waals surface area contributed by atoms with Crippen LogP contribution in [0.1, 0.15) is 87.2 Å². The number of hydrogen-bond donors (Lipinski definition) is 0. The molecule has 38 heavy (non-hydrogen) atoms. The summed E-state index contributed by atoms with van der Waals surface area (Å²) in [5.74, 6) is 6.27. The van der Waals surface area contributed by atoms with Crippen molar-refractivity contribution in [2.75, 3.05) is 45.7 Å². The summed E-state index contributed by atoms with van der Waals surface area (Å²) in [5, 5.41) is 0. The number of thiophene rings is 1. The van der Waals surface area contributed by atoms with Crippen molar-refractivity contribution in [3.05, 3.63) is 15.8 Å². The Morgan fingerprint density at radius 1 is 1.13 bits per heavy atom. The number of carbonyl (C=O) groups is 3. The molecule has 0 N–H and O–H groups in total. The molecule has 1 aromatic rings. The van der Waals surface area contributed by atoms with Crippen LogP contribution >= 0.6 is 11.3 Å². The molecule has 1 saturated heterocycles. The van der Waals surface area contributed by atoms with E-state index in [0.29, 0.717) is 40.9 Å². The Hall–Kier alpha value is -2.37. The lowest BCUT2D eigenvalue weighted by atomic mass is 9.82. The van der Waals surface area contributed by atoms with E-state index >= 15 is 0 Å². The quantitative estimate of drug-likeness (QED) is 0.356. The van der Waals surface area contributed by atoms with Crippen LogP contribution in [-0.4, -0.2) is 74.5 Å². The topological polar surface area (TPSA) is 70.2 Å². The van der Waals surface area contributed by atoms with E-state index in [2.05, 4.69) is 23.7 Å². The van der Waals surface area contributed by atoms with Crippen molar-refractivity contribution in [1.29, 1.82) is 0 Å². The van der Waals surface area contributed by atoms with Gasteiger partial charge in [-0.25, -0.2) is 4.79 Å². The molecule has 2 amide bonds. The third-order valence-corrected chi connectivity index (χ3v) is 8.41. The minimum atomic E-state index is -0.645. The molecular weight excluding hydrogens is 498 g/mol. The number of methoxy groups -OCH3 is 1. The Morgan fingerprint density at radius 3 is 2.42 bits per heavy atom. The maximum Gasteiger partial charge on any atom is 0.350 e. The van der Waals surface area contributed by atoms with Crippen LogP contribution in [0.15, 0.2) is 6.07 Å². The predicted molar refractivity (Wildman–Crippen MR) is 153 cm³/mol. The number of carbonyl (C=O) groups excluding carboxylic acids is 3. The Kier molecular flexibility index (Phi) is 10.4. The highest BCUT2D eigenvalue weighted by molar-refractivity contribution is 7.15. The van der Waals surface area contributed by atoms with E-state index in [-0.39, 0.29) is 23.1 Å². The summed E-state index contributed by atoms with van der Waals surface area (Å²) in [5.41, 5.74) is 0.255. The normalized spacial score (nSPS) is 22.5. The first-order valence-corrected chi connectivity index (χ1v) is 14.7. The summed E-state index contributed by atoms with van der Waals surface area (Å²) in [6, 6.07) is 1.18. The molecule has 7 nitrogen and oxygen atoms in total. The third kappa shape index (κ3) is 7.83. The van der Waals surface area contributed by atoms with Crippen LogP contribution in [0.5, 0.6) is 0 Å². The molecule has 1 aliphatic heterocycles. The highest BCUT2D eigenvalue weighted by Gasteiger charge is 2.41. The number of hydrogen-bond acceptors (Lipinski definition) is 6. The van der Waals surface area contributed by atoms with Gasteiger partial charge in [-0.1, -0.05) is 18.8 Å². The van der Waals surface area contributed by atoms with Crippen LogP contribution in [0.3, 0.4) is 0 Å². The molecule has 1 aromatic heterocycles. The van der Waals surface area contributed by atoms with Gasteiger partial charge in [-0.3, -0.25) is 14.5 Å². The molecule has 1 aliphatic carbocycles. The average Bonchev–Trinajstić information content (AvgIpc) is 3.20. The number of nitrogens with zero attached hydrogens (tertiary/aromatic N) is 3. The second-order valence-electron chi connectivity index (χ2n) is 12.1. The van der Waals surface area contributed by atoms with E-state index in [1.54, 1.807) is 4.90 Å². The average molecular weight is 544 g/mol. The first kappa shape index (κ1) is 30.2. The maximum absolute atomic E-state index is 14.3. The number of esters is 1. The lowest BCUT2D eigenvalue weighted by molar-refractivity contribution is -0.135. The zero-order chi connectivity index (χ0) is 28.0. The molecule has 1 atom stereocenters. The lowest BCUT2D eigenvalue weighted by Crippen LogP contribution is -2.53. The van der Waals surface area contributed by atoms with Gasteiger partial charge in [0.15, 0.2) is 0 Å². The van der Waals surface area contributed by atoms with E-state index in [1.807, 2.05) is 45.8 Å². The number of amides is 2. The molecule has 0 radical (unpaired) electrons. The molecule has 0 aromatic carbocycles. The number of anilines is 1. The Balaban J connectivity index is 2.10. The molecule has 2 aliphatic rings. The summed E-state index contributed by atoms with van der Waals surface area (Å²) in [7, 11) is 5.34. The van der Waals surface area contributed by atoms with E-state index in [0.717, 1.165) is 45.1 Å². The van der Waals surface area contributed by atoms with Crippen molar-refractivity contribution in [3.63, 3.8) is 0 Å². The Bertz CT molecular complexity index is 1050. The molecule has 3 rings (SSSR count). The van der Waals surface area contributed by atoms with Crippen molar-refractivity contribution in [1.82, 2.24) is 9.80 Å². The smallest absolute Gasteiger partial charge is 0.350 e. The molecule has 2 fully saturated rings. The number of ether oxygens (including phenoxy) is 1. The van der Waals surface area contributed by atoms with Crippen LogP contribution < -0.4 is 4.90 Å². The number of likely N-dealkylation sites (tertiary alicyclic amines) is 1. The highest BCUT2D eigenvalue weighted by atomic mass is 32.1. The van der Waals surface area contributed by atoms with Gasteiger partial charge in [0.2, 0.25) is 11.8 Å². The van der Waals surface area contributed by atoms with Gasteiger partial charge in [0, 0.05) is 31.0 Å². The lowest BCUT2D eigenvalue weighted by Gasteiger charge is -2.37. The van der Waals surface area contributed by atoms with Crippen molar-refractivity contribution < 1.29 is 19.1 Å². The minimum Gasteiger partial charge on any atom is -0.465 e. The largest absolute Gasteiger partial charge is 0.465 e. The van der Waals surface area contributed by atoms with Gasteiger partial charge in [0.05, 0.1) is 17.7 Å².